The van der Waals surface area contributed by atoms with Gasteiger partial charge in [-0.2, -0.15) is 5.10 Å². The van der Waals surface area contributed by atoms with Gasteiger partial charge in [0, 0.05) is 21.7 Å². The van der Waals surface area contributed by atoms with Crippen LogP contribution in [0.15, 0.2) is 60.8 Å². The van der Waals surface area contributed by atoms with Crippen molar-refractivity contribution < 1.29 is 4.79 Å². The molecule has 0 unspecified atom stereocenters. The number of nitrogens with zero attached hydrogens (tertiary/aromatic N) is 2. The second kappa shape index (κ2) is 6.86. The molecule has 0 bridgehead atoms. The van der Waals surface area contributed by atoms with E-state index in [0.29, 0.717) is 28.0 Å². The molecule has 6 heteroatoms. The Bertz CT molecular complexity index is 811. The van der Waals surface area contributed by atoms with Gasteiger partial charge in [-0.05, 0) is 42.0 Å². The van der Waals surface area contributed by atoms with Gasteiger partial charge in [-0.1, -0.05) is 35.3 Å². The zero-order chi connectivity index (χ0) is 16.2. The van der Waals surface area contributed by atoms with Crippen LogP contribution in [0.3, 0.4) is 0 Å². The van der Waals surface area contributed by atoms with Gasteiger partial charge in [0.05, 0.1) is 12.7 Å². The smallest absolute Gasteiger partial charge is 0.256 e. The average molecular weight is 346 g/mol. The molecule has 0 aliphatic carbocycles. The topological polar surface area (TPSA) is 46.9 Å². The molecule has 0 radical (unpaired) electrons. The monoisotopic (exact) mass is 345 g/mol. The highest BCUT2D eigenvalue weighted by Gasteiger charge is 2.10. The van der Waals surface area contributed by atoms with E-state index in [2.05, 4.69) is 10.4 Å². The standard InChI is InChI=1S/C17H13Cl2N3O/c18-14-5-1-12(2-6-14)11-22-16(9-10-20-22)21-17(23)13-3-7-15(19)8-4-13/h1-10H,11H2,(H,21,23). The molecular weight excluding hydrogens is 333 g/mol. The number of carbonyl (C=O) groups excluding carboxylic acids is 1. The van der Waals surface area contributed by atoms with Crippen LogP contribution in [0.4, 0.5) is 5.82 Å². The molecule has 1 heterocycles. The molecule has 3 aromatic rings. The van der Waals surface area contributed by atoms with E-state index in [1.165, 1.54) is 0 Å². The largest absolute Gasteiger partial charge is 0.307 e. The fraction of sp³-hybridized carbons (Fsp3) is 0.0588. The van der Waals surface area contributed by atoms with Crippen LogP contribution in [0.5, 0.6) is 0 Å². The lowest BCUT2D eigenvalue weighted by molar-refractivity contribution is 0.102. The predicted octanol–water partition coefficient (Wildman–Crippen LogP) is 4.49. The number of amides is 1. The first-order chi connectivity index (χ1) is 11.1. The number of nitrogens with one attached hydrogen (secondary N) is 1. The van der Waals surface area contributed by atoms with Gasteiger partial charge in [0.25, 0.3) is 5.91 Å². The number of carbonyl (C=O) groups is 1. The average Bonchev–Trinajstić information content (AvgIpc) is 2.97. The SMILES string of the molecule is O=C(Nc1ccnn1Cc1ccc(Cl)cc1)c1ccc(Cl)cc1. The molecule has 4 nitrogen and oxygen atoms in total. The molecule has 2 aromatic carbocycles. The molecule has 3 rings (SSSR count). The molecule has 0 aliphatic heterocycles. The lowest BCUT2D eigenvalue weighted by Gasteiger charge is -2.09. The third-order valence-corrected chi connectivity index (χ3v) is 3.81. The van der Waals surface area contributed by atoms with Crippen LogP contribution < -0.4 is 5.32 Å². The number of benzene rings is 2. The van der Waals surface area contributed by atoms with E-state index in [1.807, 2.05) is 24.3 Å². The number of hydrogen-bond donors (Lipinski definition) is 1. The lowest BCUT2D eigenvalue weighted by Crippen LogP contribution is -2.16. The van der Waals surface area contributed by atoms with Gasteiger partial charge >= 0.3 is 0 Å². The summed E-state index contributed by atoms with van der Waals surface area (Å²) in [6.07, 6.45) is 1.65. The Morgan fingerprint density at radius 2 is 1.57 bits per heavy atom. The molecule has 0 aliphatic rings. The Morgan fingerprint density at radius 1 is 0.957 bits per heavy atom. The van der Waals surface area contributed by atoms with Gasteiger partial charge in [-0.3, -0.25) is 4.79 Å². The molecule has 116 valence electrons. The van der Waals surface area contributed by atoms with Crippen LogP contribution in [-0.4, -0.2) is 15.7 Å². The Morgan fingerprint density at radius 3 is 2.22 bits per heavy atom. The minimum atomic E-state index is -0.209. The van der Waals surface area contributed by atoms with Crippen LogP contribution in [0.1, 0.15) is 15.9 Å². The van der Waals surface area contributed by atoms with Gasteiger partial charge < -0.3 is 5.32 Å². The first-order valence-corrected chi connectivity index (χ1v) is 7.70. The second-order valence-corrected chi connectivity index (χ2v) is 5.83. The van der Waals surface area contributed by atoms with Crippen molar-refractivity contribution in [2.45, 2.75) is 6.54 Å². The van der Waals surface area contributed by atoms with Crippen molar-refractivity contribution in [1.29, 1.82) is 0 Å². The van der Waals surface area contributed by atoms with E-state index in [0.717, 1.165) is 5.56 Å². The van der Waals surface area contributed by atoms with Crippen molar-refractivity contribution >= 4 is 34.9 Å². The number of hydrogen-bond acceptors (Lipinski definition) is 2. The number of halogens is 2. The highest BCUT2D eigenvalue weighted by molar-refractivity contribution is 6.30. The molecule has 0 saturated carbocycles. The summed E-state index contributed by atoms with van der Waals surface area (Å²) in [6, 6.07) is 16.0. The molecule has 0 atom stereocenters. The van der Waals surface area contributed by atoms with Gasteiger partial charge in [0.2, 0.25) is 0 Å². The number of rotatable bonds is 4. The van der Waals surface area contributed by atoms with Crippen molar-refractivity contribution in [2.24, 2.45) is 0 Å². The van der Waals surface area contributed by atoms with E-state index in [4.69, 9.17) is 23.2 Å². The molecule has 0 saturated heterocycles. The van der Waals surface area contributed by atoms with E-state index in [9.17, 15) is 4.79 Å². The van der Waals surface area contributed by atoms with Crippen LogP contribution in [0, 0.1) is 0 Å². The molecule has 1 aromatic heterocycles. The predicted molar refractivity (Wildman–Crippen MR) is 92.2 cm³/mol. The second-order valence-electron chi connectivity index (χ2n) is 4.96. The summed E-state index contributed by atoms with van der Waals surface area (Å²) in [7, 11) is 0. The maximum Gasteiger partial charge on any atom is 0.256 e. The summed E-state index contributed by atoms with van der Waals surface area (Å²) in [5.74, 6) is 0.416. The molecule has 1 N–H and O–H groups in total. The van der Waals surface area contributed by atoms with Crippen molar-refractivity contribution in [3.63, 3.8) is 0 Å². The van der Waals surface area contributed by atoms with E-state index < -0.39 is 0 Å². The van der Waals surface area contributed by atoms with Crippen molar-refractivity contribution in [1.82, 2.24) is 9.78 Å². The highest BCUT2D eigenvalue weighted by atomic mass is 35.5. The Labute approximate surface area is 143 Å². The van der Waals surface area contributed by atoms with Gasteiger partial charge in [0.15, 0.2) is 0 Å². The summed E-state index contributed by atoms with van der Waals surface area (Å²) in [5, 5.41) is 8.37. The minimum Gasteiger partial charge on any atom is -0.307 e. The molecule has 23 heavy (non-hydrogen) atoms. The zero-order valence-corrected chi connectivity index (χ0v) is 13.6. The van der Waals surface area contributed by atoms with Crippen LogP contribution in [0.25, 0.3) is 0 Å². The van der Waals surface area contributed by atoms with Crippen LogP contribution in [-0.2, 0) is 6.54 Å². The van der Waals surface area contributed by atoms with Gasteiger partial charge in [0.1, 0.15) is 5.82 Å². The summed E-state index contributed by atoms with van der Waals surface area (Å²) in [6.45, 7) is 0.542. The maximum atomic E-state index is 12.3. The highest BCUT2D eigenvalue weighted by Crippen LogP contribution is 2.15. The van der Waals surface area contributed by atoms with E-state index in [1.54, 1.807) is 41.2 Å². The molecular formula is C17H13Cl2N3O. The molecule has 1 amide bonds. The molecule has 0 spiro atoms. The van der Waals surface area contributed by atoms with Gasteiger partial charge in [-0.25, -0.2) is 4.68 Å². The number of aromatic nitrogens is 2. The third kappa shape index (κ3) is 3.92. The maximum absolute atomic E-state index is 12.3. The first kappa shape index (κ1) is 15.6. The normalized spacial score (nSPS) is 10.5. The van der Waals surface area contributed by atoms with Crippen LogP contribution in [0.2, 0.25) is 10.0 Å². The quantitative estimate of drug-likeness (QED) is 0.757. The minimum absolute atomic E-state index is 0.209. The fourth-order valence-corrected chi connectivity index (χ4v) is 2.37. The number of anilines is 1. The van der Waals surface area contributed by atoms with Crippen molar-refractivity contribution in [3.05, 3.63) is 82.0 Å². The van der Waals surface area contributed by atoms with E-state index in [-0.39, 0.29) is 5.91 Å². The van der Waals surface area contributed by atoms with Gasteiger partial charge in [-0.15, -0.1) is 0 Å². The summed E-state index contributed by atoms with van der Waals surface area (Å²) in [5.41, 5.74) is 1.58. The lowest BCUT2D eigenvalue weighted by atomic mass is 10.2. The van der Waals surface area contributed by atoms with Crippen LogP contribution >= 0.6 is 23.2 Å². The summed E-state index contributed by atoms with van der Waals surface area (Å²) >= 11 is 11.7. The Balaban J connectivity index is 1.74. The zero-order valence-electron chi connectivity index (χ0n) is 12.0. The first-order valence-electron chi connectivity index (χ1n) is 6.95. The Hall–Kier alpha value is -2.30. The fourth-order valence-electron chi connectivity index (χ4n) is 2.12. The summed E-state index contributed by atoms with van der Waals surface area (Å²) in [4.78, 5) is 12.3. The van der Waals surface area contributed by atoms with Crippen molar-refractivity contribution in [2.75, 3.05) is 5.32 Å². The summed E-state index contributed by atoms with van der Waals surface area (Å²) < 4.78 is 1.72. The third-order valence-electron chi connectivity index (χ3n) is 3.31. The van der Waals surface area contributed by atoms with E-state index >= 15 is 0 Å². The van der Waals surface area contributed by atoms with Crippen molar-refractivity contribution in [3.8, 4) is 0 Å². The Kier molecular flexibility index (Phi) is 4.65. The molecule has 0 fully saturated rings.